The molecule has 0 spiro atoms. The fourth-order valence-electron chi connectivity index (χ4n) is 4.38. The second-order valence-corrected chi connectivity index (χ2v) is 8.99. The monoisotopic (exact) mass is 542 g/mol. The number of carbonyl (C=O) groups excluding carboxylic acids is 3. The van der Waals surface area contributed by atoms with Crippen molar-refractivity contribution in [3.05, 3.63) is 113 Å². The molecule has 0 fully saturated rings. The van der Waals surface area contributed by atoms with E-state index in [2.05, 4.69) is 15.3 Å². The summed E-state index contributed by atoms with van der Waals surface area (Å²) in [6.07, 6.45) is 9.93. The van der Waals surface area contributed by atoms with Gasteiger partial charge in [0.15, 0.2) is 0 Å². The zero-order valence-electron chi connectivity index (χ0n) is 22.5. The van der Waals surface area contributed by atoms with Crippen LogP contribution in [0.25, 0.3) is 6.08 Å². The lowest BCUT2D eigenvalue weighted by molar-refractivity contribution is -0.147. The molecule has 10 heteroatoms. The number of ether oxygens (including phenoxy) is 3. The van der Waals surface area contributed by atoms with Gasteiger partial charge in [0.2, 0.25) is 0 Å². The Hall–Kier alpha value is -4.99. The summed E-state index contributed by atoms with van der Waals surface area (Å²) in [4.78, 5) is 46.3. The highest BCUT2D eigenvalue weighted by Gasteiger charge is 2.38. The molecule has 0 bridgehead atoms. The van der Waals surface area contributed by atoms with Crippen LogP contribution in [0, 0.1) is 0 Å². The zero-order chi connectivity index (χ0) is 28.5. The van der Waals surface area contributed by atoms with Crippen molar-refractivity contribution in [1.82, 2.24) is 19.9 Å². The third kappa shape index (κ3) is 6.90. The number of carbonyl (C=O) groups is 3. The predicted octanol–water partition coefficient (Wildman–Crippen LogP) is 3.53. The SMILES string of the molecule is COC(=O)C1=C(C)NC(C)=C(C(=O)OCCOC(=O)C=Cc2ccc(Cn3ccnc3)cc2)C1c1ccccn1. The molecule has 1 N–H and O–H groups in total. The van der Waals surface area contributed by atoms with Crippen molar-refractivity contribution < 1.29 is 28.6 Å². The molecule has 0 saturated carbocycles. The molecule has 1 aliphatic heterocycles. The second-order valence-electron chi connectivity index (χ2n) is 8.99. The van der Waals surface area contributed by atoms with E-state index in [1.54, 1.807) is 56.8 Å². The van der Waals surface area contributed by atoms with E-state index in [9.17, 15) is 14.4 Å². The van der Waals surface area contributed by atoms with Gasteiger partial charge < -0.3 is 24.1 Å². The van der Waals surface area contributed by atoms with E-state index in [0.717, 1.165) is 11.1 Å². The number of benzene rings is 1. The van der Waals surface area contributed by atoms with Crippen molar-refractivity contribution in [3.63, 3.8) is 0 Å². The predicted molar refractivity (Wildman–Crippen MR) is 146 cm³/mol. The highest BCUT2D eigenvalue weighted by molar-refractivity contribution is 5.99. The Balaban J connectivity index is 1.32. The largest absolute Gasteiger partial charge is 0.466 e. The van der Waals surface area contributed by atoms with Gasteiger partial charge in [0.25, 0.3) is 0 Å². The normalized spacial score (nSPS) is 15.1. The molecule has 1 unspecified atom stereocenters. The number of aromatic nitrogens is 3. The van der Waals surface area contributed by atoms with Gasteiger partial charge in [-0.25, -0.2) is 19.4 Å². The van der Waals surface area contributed by atoms with Crippen LogP contribution in [0.1, 0.15) is 36.6 Å². The van der Waals surface area contributed by atoms with Crippen LogP contribution >= 0.6 is 0 Å². The summed E-state index contributed by atoms with van der Waals surface area (Å²) in [5, 5.41) is 3.06. The van der Waals surface area contributed by atoms with Gasteiger partial charge in [0.1, 0.15) is 13.2 Å². The van der Waals surface area contributed by atoms with Gasteiger partial charge in [-0.05, 0) is 43.2 Å². The third-order valence-corrected chi connectivity index (χ3v) is 6.25. The number of imidazole rings is 1. The number of dihydropyridines is 1. The topological polar surface area (TPSA) is 122 Å². The summed E-state index contributed by atoms with van der Waals surface area (Å²) in [7, 11) is 1.28. The molecule has 10 nitrogen and oxygen atoms in total. The Labute approximate surface area is 232 Å². The summed E-state index contributed by atoms with van der Waals surface area (Å²) in [5.74, 6) is -2.57. The van der Waals surface area contributed by atoms with Crippen molar-refractivity contribution in [1.29, 1.82) is 0 Å². The Bertz CT molecular complexity index is 1440. The lowest BCUT2D eigenvalue weighted by Crippen LogP contribution is -2.33. The minimum absolute atomic E-state index is 0.133. The van der Waals surface area contributed by atoms with Crippen LogP contribution in [0.2, 0.25) is 0 Å². The molecule has 1 aromatic carbocycles. The summed E-state index contributed by atoms with van der Waals surface area (Å²) < 4.78 is 17.5. The maximum atomic E-state index is 13.2. The fraction of sp³-hybridized carbons (Fsp3) is 0.233. The average Bonchev–Trinajstić information content (AvgIpc) is 3.47. The summed E-state index contributed by atoms with van der Waals surface area (Å²) in [6.45, 7) is 3.87. The first-order chi connectivity index (χ1) is 19.4. The molecule has 1 aliphatic rings. The molecule has 0 amide bonds. The Kier molecular flexibility index (Phi) is 9.24. The molecule has 0 saturated heterocycles. The molecule has 2 aromatic heterocycles. The molecule has 206 valence electrons. The Morgan fingerprint density at radius 2 is 1.68 bits per heavy atom. The number of esters is 3. The van der Waals surface area contributed by atoms with Crippen LogP contribution in [-0.2, 0) is 35.1 Å². The van der Waals surface area contributed by atoms with Crippen LogP contribution in [0.4, 0.5) is 0 Å². The van der Waals surface area contributed by atoms with E-state index in [0.29, 0.717) is 23.6 Å². The molecule has 0 radical (unpaired) electrons. The van der Waals surface area contributed by atoms with Crippen LogP contribution in [0.15, 0.2) is 96.0 Å². The third-order valence-electron chi connectivity index (χ3n) is 6.25. The van der Waals surface area contributed by atoms with Crippen molar-refractivity contribution in [2.24, 2.45) is 0 Å². The number of nitrogens with zero attached hydrogens (tertiary/aromatic N) is 3. The number of hydrogen-bond donors (Lipinski definition) is 1. The van der Waals surface area contributed by atoms with E-state index < -0.39 is 23.8 Å². The zero-order valence-corrected chi connectivity index (χ0v) is 22.5. The van der Waals surface area contributed by atoms with Crippen LogP contribution in [0.5, 0.6) is 0 Å². The Morgan fingerprint density at radius 3 is 2.33 bits per heavy atom. The van der Waals surface area contributed by atoms with Crippen LogP contribution in [-0.4, -0.2) is 52.8 Å². The average molecular weight is 543 g/mol. The van der Waals surface area contributed by atoms with E-state index in [-0.39, 0.29) is 24.4 Å². The van der Waals surface area contributed by atoms with E-state index in [4.69, 9.17) is 14.2 Å². The smallest absolute Gasteiger partial charge is 0.336 e. The molecular weight excluding hydrogens is 512 g/mol. The maximum absolute atomic E-state index is 13.2. The Morgan fingerprint density at radius 1 is 0.950 bits per heavy atom. The molecule has 3 aromatic rings. The van der Waals surface area contributed by atoms with Crippen LogP contribution < -0.4 is 5.32 Å². The number of hydrogen-bond acceptors (Lipinski definition) is 9. The first kappa shape index (κ1) is 28.0. The molecule has 3 heterocycles. The van der Waals surface area contributed by atoms with Crippen molar-refractivity contribution in [2.75, 3.05) is 20.3 Å². The van der Waals surface area contributed by atoms with Gasteiger partial charge in [-0.3, -0.25) is 4.98 Å². The number of rotatable bonds is 10. The highest BCUT2D eigenvalue weighted by Crippen LogP contribution is 2.38. The minimum Gasteiger partial charge on any atom is -0.466 e. The quantitative estimate of drug-likeness (QED) is 0.177. The van der Waals surface area contributed by atoms with Gasteiger partial charge in [0.05, 0.1) is 36.2 Å². The first-order valence-corrected chi connectivity index (χ1v) is 12.6. The van der Waals surface area contributed by atoms with E-state index >= 15 is 0 Å². The van der Waals surface area contributed by atoms with Crippen LogP contribution in [0.3, 0.4) is 0 Å². The summed E-state index contributed by atoms with van der Waals surface area (Å²) >= 11 is 0. The summed E-state index contributed by atoms with van der Waals surface area (Å²) in [6, 6.07) is 13.0. The maximum Gasteiger partial charge on any atom is 0.336 e. The summed E-state index contributed by atoms with van der Waals surface area (Å²) in [5.41, 5.74) is 4.04. The van der Waals surface area contributed by atoms with Gasteiger partial charge in [0, 0.05) is 42.6 Å². The second kappa shape index (κ2) is 13.2. The van der Waals surface area contributed by atoms with E-state index in [1.807, 2.05) is 35.0 Å². The molecule has 4 rings (SSSR count). The van der Waals surface area contributed by atoms with Gasteiger partial charge in [-0.2, -0.15) is 0 Å². The van der Waals surface area contributed by atoms with E-state index in [1.165, 1.54) is 13.2 Å². The lowest BCUT2D eigenvalue weighted by Gasteiger charge is -2.29. The van der Waals surface area contributed by atoms with Crippen molar-refractivity contribution in [2.45, 2.75) is 26.3 Å². The number of allylic oxidation sites excluding steroid dienone is 2. The lowest BCUT2D eigenvalue weighted by atomic mass is 9.83. The minimum atomic E-state index is -0.779. The molecule has 40 heavy (non-hydrogen) atoms. The van der Waals surface area contributed by atoms with Crippen molar-refractivity contribution in [3.8, 4) is 0 Å². The highest BCUT2D eigenvalue weighted by atomic mass is 16.6. The van der Waals surface area contributed by atoms with Gasteiger partial charge in [-0.15, -0.1) is 0 Å². The number of nitrogens with one attached hydrogen (secondary N) is 1. The first-order valence-electron chi connectivity index (χ1n) is 12.6. The fourth-order valence-corrected chi connectivity index (χ4v) is 4.38. The standard InChI is InChI=1S/C30H30N4O6/c1-20-26(29(36)38-3)28(24-6-4-5-13-32-24)27(21(2)33-20)30(37)40-17-16-39-25(35)12-11-22-7-9-23(10-8-22)18-34-15-14-31-19-34/h4-15,19,28,33H,16-18H2,1-3H3. The molecule has 0 aliphatic carbocycles. The molecular formula is C30H30N4O6. The molecule has 1 atom stereocenters. The van der Waals surface area contributed by atoms with Gasteiger partial charge in [-0.1, -0.05) is 30.3 Å². The van der Waals surface area contributed by atoms with Crippen molar-refractivity contribution >= 4 is 24.0 Å². The number of methoxy groups -OCH3 is 1. The number of pyridine rings is 1. The van der Waals surface area contributed by atoms with Gasteiger partial charge >= 0.3 is 17.9 Å².